The number of carbonyl (C=O) groups is 1. The molecule has 0 aliphatic rings. The van der Waals surface area contributed by atoms with Gasteiger partial charge in [-0.25, -0.2) is 4.39 Å². The molecule has 1 aromatic carbocycles. The fraction of sp³-hybridized carbons (Fsp3) is 0.417. The van der Waals surface area contributed by atoms with Crippen LogP contribution in [0, 0.1) is 5.82 Å². The van der Waals surface area contributed by atoms with Gasteiger partial charge in [0.2, 0.25) is 5.91 Å². The van der Waals surface area contributed by atoms with Crippen molar-refractivity contribution < 1.29 is 19.0 Å². The van der Waals surface area contributed by atoms with Gasteiger partial charge in [-0.1, -0.05) is 6.07 Å². The third-order valence-electron chi connectivity index (χ3n) is 2.51. The molecule has 0 aromatic heterocycles. The lowest BCUT2D eigenvalue weighted by Gasteiger charge is -2.15. The zero-order valence-corrected chi connectivity index (χ0v) is 9.94. The number of halogens is 1. The summed E-state index contributed by atoms with van der Waals surface area (Å²) in [5.74, 6) is -0.561. The largest absolute Gasteiger partial charge is 0.494 e. The standard InChI is InChI=1S/C12H16FNO3/c1-14(12(16)8-15)6-5-9-3-4-11(17-2)10(13)7-9/h3-4,7,15H,5-6,8H2,1-2H3. The van der Waals surface area contributed by atoms with Crippen LogP contribution >= 0.6 is 0 Å². The summed E-state index contributed by atoms with van der Waals surface area (Å²) in [6, 6.07) is 4.69. The summed E-state index contributed by atoms with van der Waals surface area (Å²) in [6.45, 7) is -0.0708. The summed E-state index contributed by atoms with van der Waals surface area (Å²) in [5.41, 5.74) is 0.779. The monoisotopic (exact) mass is 241 g/mol. The van der Waals surface area contributed by atoms with Gasteiger partial charge in [0.25, 0.3) is 0 Å². The SMILES string of the molecule is COc1ccc(CCN(C)C(=O)CO)cc1F. The first kappa shape index (κ1) is 13.4. The summed E-state index contributed by atoms with van der Waals surface area (Å²) in [7, 11) is 3.00. The summed E-state index contributed by atoms with van der Waals surface area (Å²) in [5, 5.41) is 8.65. The lowest BCUT2D eigenvalue weighted by Crippen LogP contribution is -2.31. The molecule has 0 radical (unpaired) electrons. The zero-order chi connectivity index (χ0) is 12.8. The fourth-order valence-corrected chi connectivity index (χ4v) is 1.41. The molecule has 1 rings (SSSR count). The lowest BCUT2D eigenvalue weighted by atomic mass is 10.1. The van der Waals surface area contributed by atoms with Crippen molar-refractivity contribution >= 4 is 5.91 Å². The van der Waals surface area contributed by atoms with Crippen molar-refractivity contribution in [3.8, 4) is 5.75 Å². The predicted molar refractivity (Wildman–Crippen MR) is 61.4 cm³/mol. The van der Waals surface area contributed by atoms with Gasteiger partial charge in [0.15, 0.2) is 11.6 Å². The molecule has 0 aliphatic carbocycles. The van der Waals surface area contributed by atoms with Gasteiger partial charge in [-0.2, -0.15) is 0 Å². The summed E-state index contributed by atoms with van der Waals surface area (Å²) < 4.78 is 18.2. The van der Waals surface area contributed by atoms with Gasteiger partial charge in [0.1, 0.15) is 6.61 Å². The lowest BCUT2D eigenvalue weighted by molar-refractivity contribution is -0.132. The van der Waals surface area contributed by atoms with Crippen LogP contribution in [-0.2, 0) is 11.2 Å². The van der Waals surface area contributed by atoms with Crippen molar-refractivity contribution in [1.82, 2.24) is 4.90 Å². The third-order valence-corrected chi connectivity index (χ3v) is 2.51. The molecule has 4 nitrogen and oxygen atoms in total. The Balaban J connectivity index is 2.58. The van der Waals surface area contributed by atoms with E-state index in [0.29, 0.717) is 13.0 Å². The number of amides is 1. The molecule has 5 heteroatoms. The highest BCUT2D eigenvalue weighted by molar-refractivity contribution is 5.76. The third kappa shape index (κ3) is 3.71. The van der Waals surface area contributed by atoms with Crippen LogP contribution in [0.2, 0.25) is 0 Å². The van der Waals surface area contributed by atoms with Gasteiger partial charge in [0, 0.05) is 13.6 Å². The van der Waals surface area contributed by atoms with E-state index >= 15 is 0 Å². The van der Waals surface area contributed by atoms with Crippen LogP contribution in [0.5, 0.6) is 5.75 Å². The van der Waals surface area contributed by atoms with Gasteiger partial charge in [-0.3, -0.25) is 4.79 Å². The molecule has 0 aliphatic heterocycles. The van der Waals surface area contributed by atoms with Gasteiger partial charge in [-0.05, 0) is 24.1 Å². The van der Waals surface area contributed by atoms with Crippen LogP contribution < -0.4 is 4.74 Å². The second-order valence-electron chi connectivity index (χ2n) is 3.69. The molecule has 0 atom stereocenters. The number of ether oxygens (including phenoxy) is 1. The molecule has 17 heavy (non-hydrogen) atoms. The summed E-state index contributed by atoms with van der Waals surface area (Å²) in [4.78, 5) is 12.5. The minimum Gasteiger partial charge on any atom is -0.494 e. The maximum Gasteiger partial charge on any atom is 0.248 e. The Labute approximate surface area is 99.6 Å². The Morgan fingerprint density at radius 1 is 1.53 bits per heavy atom. The second kappa shape index (κ2) is 6.20. The van der Waals surface area contributed by atoms with E-state index in [1.807, 2.05) is 0 Å². The average molecular weight is 241 g/mol. The van der Waals surface area contributed by atoms with Crippen molar-refractivity contribution in [2.75, 3.05) is 27.3 Å². The first-order valence-corrected chi connectivity index (χ1v) is 5.25. The Kier molecular flexibility index (Phi) is 4.90. The van der Waals surface area contributed by atoms with Gasteiger partial charge in [-0.15, -0.1) is 0 Å². The molecular formula is C12H16FNO3. The number of rotatable bonds is 5. The fourth-order valence-electron chi connectivity index (χ4n) is 1.41. The number of methoxy groups -OCH3 is 1. The van der Waals surface area contributed by atoms with E-state index in [-0.39, 0.29) is 11.7 Å². The minimum atomic E-state index is -0.506. The quantitative estimate of drug-likeness (QED) is 0.830. The topological polar surface area (TPSA) is 49.8 Å². The highest BCUT2D eigenvalue weighted by atomic mass is 19.1. The van der Waals surface area contributed by atoms with Crippen molar-refractivity contribution in [3.63, 3.8) is 0 Å². The molecule has 0 bridgehead atoms. The molecular weight excluding hydrogens is 225 g/mol. The summed E-state index contributed by atoms with van der Waals surface area (Å²) in [6.07, 6.45) is 0.531. The van der Waals surface area contributed by atoms with Crippen molar-refractivity contribution in [1.29, 1.82) is 0 Å². The highest BCUT2D eigenvalue weighted by Crippen LogP contribution is 2.17. The molecule has 0 fully saturated rings. The van der Waals surface area contributed by atoms with E-state index in [9.17, 15) is 9.18 Å². The number of hydrogen-bond acceptors (Lipinski definition) is 3. The van der Waals surface area contributed by atoms with Crippen LogP contribution in [0.4, 0.5) is 4.39 Å². The maximum absolute atomic E-state index is 13.4. The predicted octanol–water partition coefficient (Wildman–Crippen LogP) is 0.827. The minimum absolute atomic E-state index is 0.202. The van der Waals surface area contributed by atoms with Gasteiger partial charge >= 0.3 is 0 Å². The van der Waals surface area contributed by atoms with Gasteiger partial charge in [0.05, 0.1) is 7.11 Å². The number of aliphatic hydroxyl groups is 1. The van der Waals surface area contributed by atoms with Gasteiger partial charge < -0.3 is 14.7 Å². The van der Waals surface area contributed by atoms with Crippen LogP contribution in [0.15, 0.2) is 18.2 Å². The van der Waals surface area contributed by atoms with Crippen molar-refractivity contribution in [2.24, 2.45) is 0 Å². The van der Waals surface area contributed by atoms with Crippen LogP contribution in [0.1, 0.15) is 5.56 Å². The van der Waals surface area contributed by atoms with E-state index < -0.39 is 12.4 Å². The molecule has 0 heterocycles. The number of likely N-dealkylation sites (N-methyl/N-ethyl adjacent to an activating group) is 1. The smallest absolute Gasteiger partial charge is 0.248 e. The molecule has 1 N–H and O–H groups in total. The molecule has 0 unspecified atom stereocenters. The number of carbonyl (C=O) groups excluding carboxylic acids is 1. The van der Waals surface area contributed by atoms with E-state index in [0.717, 1.165) is 5.56 Å². The van der Waals surface area contributed by atoms with E-state index in [1.165, 1.54) is 18.1 Å². The molecule has 0 saturated heterocycles. The first-order valence-electron chi connectivity index (χ1n) is 5.25. The average Bonchev–Trinajstić information content (AvgIpc) is 2.35. The number of benzene rings is 1. The normalized spacial score (nSPS) is 10.1. The summed E-state index contributed by atoms with van der Waals surface area (Å²) >= 11 is 0. The molecule has 94 valence electrons. The van der Waals surface area contributed by atoms with Crippen LogP contribution in [-0.4, -0.2) is 43.2 Å². The molecule has 0 spiro atoms. The van der Waals surface area contributed by atoms with Crippen LogP contribution in [0.25, 0.3) is 0 Å². The van der Waals surface area contributed by atoms with E-state index in [1.54, 1.807) is 19.2 Å². The molecule has 1 amide bonds. The van der Waals surface area contributed by atoms with E-state index in [2.05, 4.69) is 0 Å². The van der Waals surface area contributed by atoms with Crippen molar-refractivity contribution in [3.05, 3.63) is 29.6 Å². The maximum atomic E-state index is 13.4. The van der Waals surface area contributed by atoms with Crippen molar-refractivity contribution in [2.45, 2.75) is 6.42 Å². The molecule has 1 aromatic rings. The number of aliphatic hydroxyl groups excluding tert-OH is 1. The Morgan fingerprint density at radius 2 is 2.24 bits per heavy atom. The second-order valence-corrected chi connectivity index (χ2v) is 3.69. The Bertz CT molecular complexity index is 395. The molecule has 0 saturated carbocycles. The zero-order valence-electron chi connectivity index (χ0n) is 9.94. The number of hydrogen-bond donors (Lipinski definition) is 1. The first-order chi connectivity index (χ1) is 8.08. The Morgan fingerprint density at radius 3 is 2.76 bits per heavy atom. The number of nitrogens with zero attached hydrogens (tertiary/aromatic N) is 1. The Hall–Kier alpha value is -1.62. The van der Waals surface area contributed by atoms with E-state index in [4.69, 9.17) is 9.84 Å². The highest BCUT2D eigenvalue weighted by Gasteiger charge is 2.08. The van der Waals surface area contributed by atoms with Crippen LogP contribution in [0.3, 0.4) is 0 Å².